The van der Waals surface area contributed by atoms with Crippen molar-refractivity contribution in [2.24, 2.45) is 11.8 Å². The van der Waals surface area contributed by atoms with Gasteiger partial charge in [-0.05, 0) is 31.2 Å². The highest BCUT2D eigenvalue weighted by molar-refractivity contribution is 4.91. The van der Waals surface area contributed by atoms with E-state index in [0.29, 0.717) is 17.9 Å². The van der Waals surface area contributed by atoms with Crippen LogP contribution in [0.2, 0.25) is 0 Å². The van der Waals surface area contributed by atoms with Gasteiger partial charge in [-0.1, -0.05) is 20.8 Å². The van der Waals surface area contributed by atoms with Crippen molar-refractivity contribution in [1.82, 2.24) is 20.1 Å². The van der Waals surface area contributed by atoms with Gasteiger partial charge in [0.25, 0.3) is 0 Å². The van der Waals surface area contributed by atoms with Crippen molar-refractivity contribution in [1.29, 1.82) is 0 Å². The van der Waals surface area contributed by atoms with Crippen LogP contribution in [0.15, 0.2) is 6.33 Å². The Morgan fingerprint density at radius 2 is 2.35 bits per heavy atom. The molecular formula is C15H28N4O. The van der Waals surface area contributed by atoms with E-state index in [0.717, 1.165) is 38.5 Å². The predicted molar refractivity (Wildman–Crippen MR) is 79.6 cm³/mol. The van der Waals surface area contributed by atoms with E-state index in [1.165, 1.54) is 12.8 Å². The highest BCUT2D eigenvalue weighted by Gasteiger charge is 2.22. The van der Waals surface area contributed by atoms with Crippen LogP contribution in [0.25, 0.3) is 0 Å². The fraction of sp³-hybridized carbons (Fsp3) is 0.867. The zero-order valence-electron chi connectivity index (χ0n) is 13.0. The van der Waals surface area contributed by atoms with Gasteiger partial charge in [-0.15, -0.1) is 0 Å². The van der Waals surface area contributed by atoms with Gasteiger partial charge in [0.15, 0.2) is 0 Å². The first-order valence-corrected chi connectivity index (χ1v) is 7.86. The van der Waals surface area contributed by atoms with Gasteiger partial charge in [0.1, 0.15) is 12.2 Å². The maximum Gasteiger partial charge on any atom is 0.138 e. The molecule has 2 unspecified atom stereocenters. The first-order chi connectivity index (χ1) is 9.69. The molecule has 5 nitrogen and oxygen atoms in total. The molecule has 0 saturated carbocycles. The first kappa shape index (κ1) is 15.4. The van der Waals surface area contributed by atoms with E-state index in [9.17, 15) is 0 Å². The second-order valence-corrected chi connectivity index (χ2v) is 6.18. The maximum absolute atomic E-state index is 5.49. The Labute approximate surface area is 122 Å². The van der Waals surface area contributed by atoms with Gasteiger partial charge in [0.05, 0.1) is 0 Å². The number of ether oxygens (including phenoxy) is 1. The molecule has 1 fully saturated rings. The Kier molecular flexibility index (Phi) is 5.98. The molecule has 0 aromatic carbocycles. The fourth-order valence-corrected chi connectivity index (χ4v) is 2.86. The Balaban J connectivity index is 1.94. The molecule has 1 aromatic heterocycles. The van der Waals surface area contributed by atoms with Gasteiger partial charge >= 0.3 is 0 Å². The molecule has 2 rings (SSSR count). The van der Waals surface area contributed by atoms with Crippen molar-refractivity contribution >= 4 is 0 Å². The summed E-state index contributed by atoms with van der Waals surface area (Å²) in [6.07, 6.45) is 5.00. The summed E-state index contributed by atoms with van der Waals surface area (Å²) in [4.78, 5) is 4.45. The molecule has 0 bridgehead atoms. The molecule has 114 valence electrons. The van der Waals surface area contributed by atoms with E-state index in [-0.39, 0.29) is 0 Å². The first-order valence-electron chi connectivity index (χ1n) is 7.86. The molecule has 5 heteroatoms. The van der Waals surface area contributed by atoms with E-state index in [1.807, 2.05) is 0 Å². The third kappa shape index (κ3) is 4.56. The third-order valence-corrected chi connectivity index (χ3v) is 3.80. The SMILES string of the molecule is CCNC(Cc1ncnn1CC(C)C)CC1CCOC1. The zero-order chi connectivity index (χ0) is 14.4. The minimum atomic E-state index is 0.474. The molecule has 1 aliphatic rings. The number of rotatable bonds is 8. The van der Waals surface area contributed by atoms with Crippen molar-refractivity contribution in [3.05, 3.63) is 12.2 Å². The summed E-state index contributed by atoms with van der Waals surface area (Å²) in [5, 5.41) is 7.95. The Bertz CT molecular complexity index is 385. The monoisotopic (exact) mass is 280 g/mol. The molecule has 0 aliphatic carbocycles. The highest BCUT2D eigenvalue weighted by Crippen LogP contribution is 2.19. The molecule has 0 radical (unpaired) electrons. The summed E-state index contributed by atoms with van der Waals surface area (Å²) in [5.74, 6) is 2.39. The molecule has 2 atom stereocenters. The van der Waals surface area contributed by atoms with Gasteiger partial charge in [-0.25, -0.2) is 9.67 Å². The van der Waals surface area contributed by atoms with Crippen molar-refractivity contribution in [2.75, 3.05) is 19.8 Å². The molecule has 2 heterocycles. The lowest BCUT2D eigenvalue weighted by Crippen LogP contribution is -2.34. The second kappa shape index (κ2) is 7.74. The number of aromatic nitrogens is 3. The third-order valence-electron chi connectivity index (χ3n) is 3.80. The lowest BCUT2D eigenvalue weighted by molar-refractivity contribution is 0.181. The van der Waals surface area contributed by atoms with E-state index in [1.54, 1.807) is 6.33 Å². The minimum Gasteiger partial charge on any atom is -0.381 e. The van der Waals surface area contributed by atoms with Crippen molar-refractivity contribution in [3.63, 3.8) is 0 Å². The Hall–Kier alpha value is -0.940. The molecule has 20 heavy (non-hydrogen) atoms. The lowest BCUT2D eigenvalue weighted by atomic mass is 9.97. The average Bonchev–Trinajstić information content (AvgIpc) is 3.02. The summed E-state index contributed by atoms with van der Waals surface area (Å²) in [5.41, 5.74) is 0. The predicted octanol–water partition coefficient (Wildman–Crippen LogP) is 1.88. The van der Waals surface area contributed by atoms with Crippen molar-refractivity contribution < 1.29 is 4.74 Å². The standard InChI is InChI=1S/C15H28N4O/c1-4-16-14(7-13-5-6-20-10-13)8-15-17-11-18-19(15)9-12(2)3/h11-14,16H,4-10H2,1-3H3. The summed E-state index contributed by atoms with van der Waals surface area (Å²) < 4.78 is 7.54. The van der Waals surface area contributed by atoms with Crippen LogP contribution in [0, 0.1) is 11.8 Å². The quantitative estimate of drug-likeness (QED) is 0.790. The molecule has 1 saturated heterocycles. The van der Waals surface area contributed by atoms with Crippen LogP contribution in [0.3, 0.4) is 0 Å². The highest BCUT2D eigenvalue weighted by atomic mass is 16.5. The largest absolute Gasteiger partial charge is 0.381 e. The zero-order valence-corrected chi connectivity index (χ0v) is 13.0. The van der Waals surface area contributed by atoms with Crippen LogP contribution in [0.1, 0.15) is 39.4 Å². The molecule has 1 aromatic rings. The number of nitrogens with one attached hydrogen (secondary N) is 1. The van der Waals surface area contributed by atoms with Crippen molar-refractivity contribution in [2.45, 2.75) is 52.6 Å². The molecular weight excluding hydrogens is 252 g/mol. The van der Waals surface area contributed by atoms with E-state index in [4.69, 9.17) is 4.74 Å². The normalized spacial score (nSPS) is 20.7. The summed E-state index contributed by atoms with van der Waals surface area (Å²) in [6.45, 7) is 10.4. The molecule has 1 aliphatic heterocycles. The van der Waals surface area contributed by atoms with Crippen LogP contribution in [-0.2, 0) is 17.7 Å². The number of likely N-dealkylation sites (N-methyl/N-ethyl adjacent to an activating group) is 1. The van der Waals surface area contributed by atoms with Gasteiger partial charge < -0.3 is 10.1 Å². The topological polar surface area (TPSA) is 52.0 Å². The van der Waals surface area contributed by atoms with E-state index < -0.39 is 0 Å². The average molecular weight is 280 g/mol. The Morgan fingerprint density at radius 1 is 1.50 bits per heavy atom. The number of nitrogens with zero attached hydrogens (tertiary/aromatic N) is 3. The van der Waals surface area contributed by atoms with Crippen LogP contribution in [0.5, 0.6) is 0 Å². The van der Waals surface area contributed by atoms with Gasteiger partial charge in [-0.2, -0.15) is 5.10 Å². The molecule has 1 N–H and O–H groups in total. The number of hydrogen-bond donors (Lipinski definition) is 1. The second-order valence-electron chi connectivity index (χ2n) is 6.18. The van der Waals surface area contributed by atoms with Crippen LogP contribution in [0.4, 0.5) is 0 Å². The summed E-state index contributed by atoms with van der Waals surface area (Å²) >= 11 is 0. The maximum atomic E-state index is 5.49. The van der Waals surface area contributed by atoms with Crippen LogP contribution < -0.4 is 5.32 Å². The van der Waals surface area contributed by atoms with E-state index >= 15 is 0 Å². The summed E-state index contributed by atoms with van der Waals surface area (Å²) in [6, 6.07) is 0.474. The minimum absolute atomic E-state index is 0.474. The van der Waals surface area contributed by atoms with E-state index in [2.05, 4.69) is 40.9 Å². The van der Waals surface area contributed by atoms with Crippen molar-refractivity contribution in [3.8, 4) is 0 Å². The molecule has 0 amide bonds. The van der Waals surface area contributed by atoms with Crippen LogP contribution in [-0.4, -0.2) is 40.6 Å². The van der Waals surface area contributed by atoms with Gasteiger partial charge in [0.2, 0.25) is 0 Å². The lowest BCUT2D eigenvalue weighted by Gasteiger charge is -2.21. The molecule has 0 spiro atoms. The Morgan fingerprint density at radius 3 is 3.00 bits per heavy atom. The summed E-state index contributed by atoms with van der Waals surface area (Å²) in [7, 11) is 0. The fourth-order valence-electron chi connectivity index (χ4n) is 2.86. The van der Waals surface area contributed by atoms with Crippen LogP contribution >= 0.6 is 0 Å². The van der Waals surface area contributed by atoms with Gasteiger partial charge in [0, 0.05) is 32.2 Å². The number of hydrogen-bond acceptors (Lipinski definition) is 4. The van der Waals surface area contributed by atoms with Gasteiger partial charge in [-0.3, -0.25) is 0 Å². The smallest absolute Gasteiger partial charge is 0.138 e.